The Morgan fingerprint density at radius 2 is 1.77 bits per heavy atom. The van der Waals surface area contributed by atoms with Crippen molar-refractivity contribution in [3.05, 3.63) is 48.5 Å². The van der Waals surface area contributed by atoms with Gasteiger partial charge in [0.05, 0.1) is 18.8 Å². The van der Waals surface area contributed by atoms with Gasteiger partial charge in [0.1, 0.15) is 11.5 Å². The fourth-order valence-electron chi connectivity index (χ4n) is 2.06. The van der Waals surface area contributed by atoms with Crippen molar-refractivity contribution in [2.24, 2.45) is 0 Å². The van der Waals surface area contributed by atoms with E-state index in [2.05, 4.69) is 15.4 Å². The molecule has 0 unspecified atom stereocenters. The number of ether oxygens (including phenoxy) is 2. The molecule has 0 aliphatic carbocycles. The number of halogens is 3. The van der Waals surface area contributed by atoms with E-state index in [9.17, 15) is 18.0 Å². The quantitative estimate of drug-likeness (QED) is 0.724. The number of amides is 1. The standard InChI is InChI=1S/C18H19F3N2O3/c1-2-11-25-16-6-4-3-5-15(16)23-17(24)12-22-13-7-9-14(10-8-13)26-18(19,20)21/h3-10,22H,2,11-12H2,1H3,(H,23,24). The van der Waals surface area contributed by atoms with Gasteiger partial charge in [-0.15, -0.1) is 13.2 Å². The van der Waals surface area contributed by atoms with Gasteiger partial charge in [-0.1, -0.05) is 19.1 Å². The van der Waals surface area contributed by atoms with Gasteiger partial charge in [-0.3, -0.25) is 4.79 Å². The Morgan fingerprint density at radius 1 is 1.08 bits per heavy atom. The lowest BCUT2D eigenvalue weighted by molar-refractivity contribution is -0.274. The molecule has 0 fully saturated rings. The summed E-state index contributed by atoms with van der Waals surface area (Å²) >= 11 is 0. The third kappa shape index (κ3) is 6.54. The summed E-state index contributed by atoms with van der Waals surface area (Å²) in [4.78, 5) is 12.1. The van der Waals surface area contributed by atoms with Crippen molar-refractivity contribution in [2.75, 3.05) is 23.8 Å². The second-order valence-electron chi connectivity index (χ2n) is 5.32. The van der Waals surface area contributed by atoms with Gasteiger partial charge in [-0.05, 0) is 42.8 Å². The Balaban J connectivity index is 1.87. The van der Waals surface area contributed by atoms with Crippen LogP contribution in [0, 0.1) is 0 Å². The van der Waals surface area contributed by atoms with E-state index < -0.39 is 6.36 Å². The first-order valence-electron chi connectivity index (χ1n) is 7.99. The predicted molar refractivity (Wildman–Crippen MR) is 92.5 cm³/mol. The van der Waals surface area contributed by atoms with Crippen LogP contribution in [0.3, 0.4) is 0 Å². The van der Waals surface area contributed by atoms with Crippen molar-refractivity contribution in [3.63, 3.8) is 0 Å². The largest absolute Gasteiger partial charge is 0.573 e. The SMILES string of the molecule is CCCOc1ccccc1NC(=O)CNc1ccc(OC(F)(F)F)cc1. The van der Waals surface area contributed by atoms with Crippen LogP contribution < -0.4 is 20.1 Å². The summed E-state index contributed by atoms with van der Waals surface area (Å²) in [5.41, 5.74) is 1.05. The summed E-state index contributed by atoms with van der Waals surface area (Å²) in [6.07, 6.45) is -3.89. The molecule has 26 heavy (non-hydrogen) atoms. The van der Waals surface area contributed by atoms with Gasteiger partial charge in [0.15, 0.2) is 0 Å². The molecule has 2 N–H and O–H groups in total. The van der Waals surface area contributed by atoms with E-state index in [1.54, 1.807) is 18.2 Å². The number of anilines is 2. The maximum absolute atomic E-state index is 12.1. The number of benzene rings is 2. The highest BCUT2D eigenvalue weighted by Crippen LogP contribution is 2.25. The number of alkyl halides is 3. The van der Waals surface area contributed by atoms with Crippen LogP contribution in [-0.2, 0) is 4.79 Å². The molecule has 0 spiro atoms. The zero-order valence-corrected chi connectivity index (χ0v) is 14.1. The fourth-order valence-corrected chi connectivity index (χ4v) is 2.06. The maximum Gasteiger partial charge on any atom is 0.573 e. The summed E-state index contributed by atoms with van der Waals surface area (Å²) in [6, 6.07) is 12.2. The molecule has 0 aromatic heterocycles. The molecule has 1 amide bonds. The minimum absolute atomic E-state index is 0.0540. The van der Waals surface area contributed by atoms with Crippen LogP contribution in [0.1, 0.15) is 13.3 Å². The molecular formula is C18H19F3N2O3. The van der Waals surface area contributed by atoms with Crippen molar-refractivity contribution in [1.29, 1.82) is 0 Å². The smallest absolute Gasteiger partial charge is 0.491 e. The van der Waals surface area contributed by atoms with E-state index in [0.717, 1.165) is 6.42 Å². The molecule has 0 atom stereocenters. The van der Waals surface area contributed by atoms with Crippen molar-refractivity contribution in [2.45, 2.75) is 19.7 Å². The highest BCUT2D eigenvalue weighted by Gasteiger charge is 2.30. The normalized spacial score (nSPS) is 10.9. The molecule has 8 heteroatoms. The summed E-state index contributed by atoms with van der Waals surface area (Å²) in [6.45, 7) is 2.47. The first-order chi connectivity index (χ1) is 12.4. The number of nitrogens with one attached hydrogen (secondary N) is 2. The van der Waals surface area contributed by atoms with Gasteiger partial charge in [-0.25, -0.2) is 0 Å². The topological polar surface area (TPSA) is 59.6 Å². The maximum atomic E-state index is 12.1. The third-order valence-corrected chi connectivity index (χ3v) is 3.16. The second kappa shape index (κ2) is 8.98. The van der Waals surface area contributed by atoms with Crippen molar-refractivity contribution in [1.82, 2.24) is 0 Å². The Morgan fingerprint density at radius 3 is 2.42 bits per heavy atom. The number of hydrogen-bond acceptors (Lipinski definition) is 4. The Hall–Kier alpha value is -2.90. The Labute approximate surface area is 149 Å². The van der Waals surface area contributed by atoms with Crippen LogP contribution in [0.25, 0.3) is 0 Å². The van der Waals surface area contributed by atoms with Crippen LogP contribution in [-0.4, -0.2) is 25.4 Å². The minimum Gasteiger partial charge on any atom is -0.491 e. The third-order valence-electron chi connectivity index (χ3n) is 3.16. The van der Waals surface area contributed by atoms with Crippen molar-refractivity contribution < 1.29 is 27.4 Å². The second-order valence-corrected chi connectivity index (χ2v) is 5.32. The van der Waals surface area contributed by atoms with Gasteiger partial charge < -0.3 is 20.1 Å². The zero-order chi connectivity index (χ0) is 19.0. The van der Waals surface area contributed by atoms with E-state index in [4.69, 9.17) is 4.74 Å². The monoisotopic (exact) mass is 368 g/mol. The van der Waals surface area contributed by atoms with Gasteiger partial charge in [0, 0.05) is 5.69 Å². The summed E-state index contributed by atoms with van der Waals surface area (Å²) in [5, 5.41) is 5.56. The molecule has 2 rings (SSSR count). The fraction of sp³-hybridized carbons (Fsp3) is 0.278. The summed E-state index contributed by atoms with van der Waals surface area (Å²) in [5.74, 6) is -0.0565. The first-order valence-corrected chi connectivity index (χ1v) is 7.99. The first kappa shape index (κ1) is 19.4. The number of rotatable bonds is 8. The van der Waals surface area contributed by atoms with Crippen molar-refractivity contribution in [3.8, 4) is 11.5 Å². The number of para-hydroxylation sites is 2. The van der Waals surface area contributed by atoms with Crippen LogP contribution in [0.15, 0.2) is 48.5 Å². The van der Waals surface area contributed by atoms with E-state index in [1.165, 1.54) is 24.3 Å². The molecular weight excluding hydrogens is 349 g/mol. The zero-order valence-electron chi connectivity index (χ0n) is 14.1. The van der Waals surface area contributed by atoms with Gasteiger partial charge >= 0.3 is 6.36 Å². The van der Waals surface area contributed by atoms with Crippen LogP contribution in [0.5, 0.6) is 11.5 Å². The molecule has 0 saturated carbocycles. The Bertz CT molecular complexity index is 718. The molecule has 140 valence electrons. The lowest BCUT2D eigenvalue weighted by Gasteiger charge is -2.13. The highest BCUT2D eigenvalue weighted by molar-refractivity contribution is 5.95. The lowest BCUT2D eigenvalue weighted by atomic mass is 10.3. The molecule has 0 aliphatic rings. The molecule has 0 saturated heterocycles. The number of carbonyl (C=O) groups is 1. The van der Waals surface area contributed by atoms with E-state index in [-0.39, 0.29) is 18.2 Å². The van der Waals surface area contributed by atoms with Gasteiger partial charge in [0.25, 0.3) is 0 Å². The van der Waals surface area contributed by atoms with Gasteiger partial charge in [-0.2, -0.15) is 0 Å². The molecule has 2 aromatic carbocycles. The van der Waals surface area contributed by atoms with E-state index in [1.807, 2.05) is 13.0 Å². The minimum atomic E-state index is -4.73. The van der Waals surface area contributed by atoms with E-state index in [0.29, 0.717) is 23.7 Å². The molecule has 0 heterocycles. The molecule has 2 aromatic rings. The number of hydrogen-bond donors (Lipinski definition) is 2. The molecule has 0 radical (unpaired) electrons. The number of carbonyl (C=O) groups excluding carboxylic acids is 1. The van der Waals surface area contributed by atoms with E-state index >= 15 is 0 Å². The lowest BCUT2D eigenvalue weighted by Crippen LogP contribution is -2.22. The molecule has 0 bridgehead atoms. The average Bonchev–Trinajstić information content (AvgIpc) is 2.59. The van der Waals surface area contributed by atoms with Crippen LogP contribution in [0.4, 0.5) is 24.5 Å². The summed E-state index contributed by atoms with van der Waals surface area (Å²) in [7, 11) is 0. The van der Waals surface area contributed by atoms with Crippen LogP contribution in [0.2, 0.25) is 0 Å². The highest BCUT2D eigenvalue weighted by atomic mass is 19.4. The predicted octanol–water partition coefficient (Wildman–Crippen LogP) is 4.42. The molecule has 0 aliphatic heterocycles. The average molecular weight is 368 g/mol. The summed E-state index contributed by atoms with van der Waals surface area (Å²) < 4.78 is 45.7. The van der Waals surface area contributed by atoms with Gasteiger partial charge in [0.2, 0.25) is 5.91 Å². The van der Waals surface area contributed by atoms with Crippen LogP contribution >= 0.6 is 0 Å². The van der Waals surface area contributed by atoms with Crippen molar-refractivity contribution >= 4 is 17.3 Å². The molecule has 5 nitrogen and oxygen atoms in total. The Kier molecular flexibility index (Phi) is 6.71.